The lowest BCUT2D eigenvalue weighted by Crippen LogP contribution is -2.46. The molecule has 0 aliphatic carbocycles. The standard InChI is InChI=1S/C49H97N3O4/c1-6-10-12-14-16-18-20-22-24-26-28-30-32-34-36-38-43-54-46-47(55-45-42-51(5)40-41-52(8-3)9-4)48(49(50)53)56-44-39-37-35-33-31-29-27-25-23-21-19-17-15-13-11-7-2/h22-25,47-48H,6-21,26-46H2,1-5H3,(H2,50,53)/b24-22-,25-23-. The lowest BCUT2D eigenvalue weighted by molar-refractivity contribution is -0.148. The van der Waals surface area contributed by atoms with Crippen LogP contribution in [0.1, 0.15) is 207 Å². The second-order valence-electron chi connectivity index (χ2n) is 16.4. The molecule has 0 aliphatic heterocycles. The summed E-state index contributed by atoms with van der Waals surface area (Å²) in [5.41, 5.74) is 5.90. The lowest BCUT2D eigenvalue weighted by atomic mass is 10.1. The normalized spacial score (nSPS) is 13.3. The molecule has 0 aromatic rings. The predicted octanol–water partition coefficient (Wildman–Crippen LogP) is 12.6. The zero-order valence-electron chi connectivity index (χ0n) is 38.2. The van der Waals surface area contributed by atoms with Crippen molar-refractivity contribution in [2.45, 2.75) is 220 Å². The molecule has 0 bridgehead atoms. The number of ether oxygens (including phenoxy) is 3. The summed E-state index contributed by atoms with van der Waals surface area (Å²) in [5.74, 6) is -0.463. The molecule has 0 aliphatic rings. The van der Waals surface area contributed by atoms with Crippen molar-refractivity contribution >= 4 is 5.91 Å². The van der Waals surface area contributed by atoms with Gasteiger partial charge in [0.1, 0.15) is 6.10 Å². The summed E-state index contributed by atoms with van der Waals surface area (Å²) in [4.78, 5) is 17.3. The molecule has 7 nitrogen and oxygen atoms in total. The third-order valence-corrected chi connectivity index (χ3v) is 11.2. The Morgan fingerprint density at radius 2 is 0.911 bits per heavy atom. The molecule has 7 heteroatoms. The molecular formula is C49H97N3O4. The van der Waals surface area contributed by atoms with Crippen molar-refractivity contribution in [3.8, 4) is 0 Å². The zero-order chi connectivity index (χ0) is 41.0. The number of rotatable bonds is 46. The zero-order valence-corrected chi connectivity index (χ0v) is 38.2. The summed E-state index contributed by atoms with van der Waals surface area (Å²) >= 11 is 0. The number of amides is 1. The molecule has 2 unspecified atom stereocenters. The van der Waals surface area contributed by atoms with Crippen LogP contribution in [0.25, 0.3) is 0 Å². The number of carbonyl (C=O) groups excluding carboxylic acids is 1. The molecule has 0 aromatic carbocycles. The number of unbranched alkanes of at least 4 members (excludes halogenated alkanes) is 24. The monoisotopic (exact) mass is 792 g/mol. The van der Waals surface area contributed by atoms with Gasteiger partial charge in [-0.1, -0.05) is 168 Å². The molecule has 0 rings (SSSR count). The molecule has 2 atom stereocenters. The number of likely N-dealkylation sites (N-methyl/N-ethyl adjacent to an activating group) is 2. The summed E-state index contributed by atoms with van der Waals surface area (Å²) < 4.78 is 18.5. The second-order valence-corrected chi connectivity index (χ2v) is 16.4. The maximum absolute atomic E-state index is 12.6. The first kappa shape index (κ1) is 54.8. The van der Waals surface area contributed by atoms with Gasteiger partial charge in [0.25, 0.3) is 0 Å². The van der Waals surface area contributed by atoms with Gasteiger partial charge in [-0.05, 0) is 84.3 Å². The van der Waals surface area contributed by atoms with Gasteiger partial charge in [0.05, 0.1) is 13.2 Å². The van der Waals surface area contributed by atoms with Crippen LogP contribution in [0.3, 0.4) is 0 Å². The minimum Gasteiger partial charge on any atom is -0.379 e. The third-order valence-electron chi connectivity index (χ3n) is 11.2. The highest BCUT2D eigenvalue weighted by molar-refractivity contribution is 5.79. The number of allylic oxidation sites excluding steroid dienone is 4. The fraction of sp³-hybridized carbons (Fsp3) is 0.898. The molecule has 0 saturated heterocycles. The predicted molar refractivity (Wildman–Crippen MR) is 244 cm³/mol. The molecule has 332 valence electrons. The van der Waals surface area contributed by atoms with Gasteiger partial charge >= 0.3 is 0 Å². The van der Waals surface area contributed by atoms with Crippen molar-refractivity contribution in [2.24, 2.45) is 5.73 Å². The van der Waals surface area contributed by atoms with Gasteiger partial charge in [0.2, 0.25) is 5.91 Å². The number of nitrogens with zero attached hydrogens (tertiary/aromatic N) is 2. The van der Waals surface area contributed by atoms with Crippen LogP contribution in [0.5, 0.6) is 0 Å². The molecule has 56 heavy (non-hydrogen) atoms. The smallest absolute Gasteiger partial charge is 0.249 e. The average molecular weight is 792 g/mol. The molecule has 0 heterocycles. The number of carbonyl (C=O) groups is 1. The van der Waals surface area contributed by atoms with Crippen LogP contribution in [-0.4, -0.2) is 94.1 Å². The Morgan fingerprint density at radius 3 is 1.34 bits per heavy atom. The van der Waals surface area contributed by atoms with E-state index >= 15 is 0 Å². The van der Waals surface area contributed by atoms with Crippen LogP contribution in [0.15, 0.2) is 24.3 Å². The summed E-state index contributed by atoms with van der Waals surface area (Å²) in [5, 5.41) is 0. The molecule has 0 aromatic heterocycles. The largest absolute Gasteiger partial charge is 0.379 e. The van der Waals surface area contributed by atoms with Gasteiger partial charge in [0, 0.05) is 32.8 Å². The fourth-order valence-corrected chi connectivity index (χ4v) is 7.13. The van der Waals surface area contributed by atoms with E-state index in [1.807, 2.05) is 0 Å². The van der Waals surface area contributed by atoms with Gasteiger partial charge in [-0.3, -0.25) is 4.79 Å². The van der Waals surface area contributed by atoms with Crippen molar-refractivity contribution < 1.29 is 19.0 Å². The number of hydrogen-bond donors (Lipinski definition) is 1. The van der Waals surface area contributed by atoms with Crippen LogP contribution in [0, 0.1) is 0 Å². The Bertz CT molecular complexity index is 849. The Labute approximate surface area is 349 Å². The Kier molecular flexibility index (Phi) is 43.8. The van der Waals surface area contributed by atoms with Gasteiger partial charge in [-0.25, -0.2) is 0 Å². The van der Waals surface area contributed by atoms with E-state index in [0.29, 0.717) is 26.4 Å². The molecule has 0 fully saturated rings. The van der Waals surface area contributed by atoms with Gasteiger partial charge in [-0.2, -0.15) is 0 Å². The van der Waals surface area contributed by atoms with Crippen molar-refractivity contribution in [1.82, 2.24) is 9.80 Å². The maximum Gasteiger partial charge on any atom is 0.249 e. The first-order valence-electron chi connectivity index (χ1n) is 24.3. The summed E-state index contributed by atoms with van der Waals surface area (Å²) in [6.07, 6.45) is 44.0. The Hall–Kier alpha value is -1.25. The maximum atomic E-state index is 12.6. The SMILES string of the molecule is CCCCCCCC/C=C\CCCCCCCCOCC(OCCN(C)CCN(CC)CC)C(OCCCCCCCC/C=C\CCCCCCCC)C(N)=O. The fourth-order valence-electron chi connectivity index (χ4n) is 7.13. The number of primary amides is 1. The minimum absolute atomic E-state index is 0.329. The first-order chi connectivity index (χ1) is 27.5. The first-order valence-corrected chi connectivity index (χ1v) is 24.3. The van der Waals surface area contributed by atoms with Crippen molar-refractivity contribution in [2.75, 3.05) is 66.2 Å². The quantitative estimate of drug-likeness (QED) is 0.0489. The molecular weight excluding hydrogens is 695 g/mol. The second kappa shape index (κ2) is 44.8. The van der Waals surface area contributed by atoms with E-state index < -0.39 is 18.1 Å². The average Bonchev–Trinajstić information content (AvgIpc) is 3.19. The molecule has 0 radical (unpaired) electrons. The topological polar surface area (TPSA) is 77.3 Å². The van der Waals surface area contributed by atoms with E-state index in [1.54, 1.807) is 0 Å². The van der Waals surface area contributed by atoms with E-state index in [4.69, 9.17) is 19.9 Å². The van der Waals surface area contributed by atoms with Crippen molar-refractivity contribution in [1.29, 1.82) is 0 Å². The highest BCUT2D eigenvalue weighted by Crippen LogP contribution is 2.14. The summed E-state index contributed by atoms with van der Waals surface area (Å²) in [7, 11) is 2.13. The van der Waals surface area contributed by atoms with Crippen LogP contribution in [0.4, 0.5) is 0 Å². The number of nitrogens with two attached hydrogens (primary N) is 1. The summed E-state index contributed by atoms with van der Waals surface area (Å²) in [6.45, 7) is 15.9. The lowest BCUT2D eigenvalue weighted by Gasteiger charge is -2.27. The van der Waals surface area contributed by atoms with Gasteiger partial charge < -0.3 is 29.7 Å². The molecule has 1 amide bonds. The van der Waals surface area contributed by atoms with E-state index in [-0.39, 0.29) is 0 Å². The van der Waals surface area contributed by atoms with Crippen LogP contribution < -0.4 is 5.73 Å². The highest BCUT2D eigenvalue weighted by atomic mass is 16.6. The Balaban J connectivity index is 4.40. The Morgan fingerprint density at radius 1 is 0.500 bits per heavy atom. The van der Waals surface area contributed by atoms with Crippen molar-refractivity contribution in [3.05, 3.63) is 24.3 Å². The third kappa shape index (κ3) is 38.3. The van der Waals surface area contributed by atoms with Crippen LogP contribution in [-0.2, 0) is 19.0 Å². The molecule has 0 saturated carbocycles. The highest BCUT2D eigenvalue weighted by Gasteiger charge is 2.28. The van der Waals surface area contributed by atoms with Crippen molar-refractivity contribution in [3.63, 3.8) is 0 Å². The van der Waals surface area contributed by atoms with Gasteiger partial charge in [0.15, 0.2) is 6.10 Å². The van der Waals surface area contributed by atoms with E-state index in [0.717, 1.165) is 52.0 Å². The summed E-state index contributed by atoms with van der Waals surface area (Å²) in [6, 6.07) is 0. The van der Waals surface area contributed by atoms with Gasteiger partial charge in [-0.15, -0.1) is 0 Å². The number of hydrogen-bond acceptors (Lipinski definition) is 6. The van der Waals surface area contributed by atoms with Crippen LogP contribution >= 0.6 is 0 Å². The molecule has 0 spiro atoms. The minimum atomic E-state index is -0.793. The van der Waals surface area contributed by atoms with E-state index in [2.05, 4.69) is 68.8 Å². The van der Waals surface area contributed by atoms with Crippen LogP contribution in [0.2, 0.25) is 0 Å². The molecule has 2 N–H and O–H groups in total. The van der Waals surface area contributed by atoms with E-state index in [9.17, 15) is 4.79 Å². The van der Waals surface area contributed by atoms with E-state index in [1.165, 1.54) is 161 Å².